The van der Waals surface area contributed by atoms with Crippen LogP contribution in [0, 0.1) is 12.8 Å². The summed E-state index contributed by atoms with van der Waals surface area (Å²) in [6.07, 6.45) is 1.88. The van der Waals surface area contributed by atoms with Gasteiger partial charge in [-0.15, -0.1) is 0 Å². The van der Waals surface area contributed by atoms with E-state index in [1.54, 1.807) is 0 Å². The molecule has 0 radical (unpaired) electrons. The van der Waals surface area contributed by atoms with Gasteiger partial charge >= 0.3 is 0 Å². The summed E-state index contributed by atoms with van der Waals surface area (Å²) in [6.45, 7) is 5.96. The van der Waals surface area contributed by atoms with Crippen molar-refractivity contribution >= 4 is 33.2 Å². The third-order valence-electron chi connectivity index (χ3n) is 2.68. The molecule has 0 aliphatic heterocycles. The molecule has 3 N–H and O–H groups in total. The van der Waals surface area contributed by atoms with Crippen LogP contribution in [-0.4, -0.2) is 5.91 Å². The zero-order chi connectivity index (χ0) is 13.0. The first-order valence-electron chi connectivity index (χ1n) is 5.82. The number of halogens is 1. The lowest BCUT2D eigenvalue weighted by molar-refractivity contribution is -0.119. The molecule has 0 spiro atoms. The predicted molar refractivity (Wildman–Crippen MR) is 76.0 cm³/mol. The fourth-order valence-electron chi connectivity index (χ4n) is 1.71. The van der Waals surface area contributed by atoms with E-state index in [-0.39, 0.29) is 11.8 Å². The maximum atomic E-state index is 11.9. The standard InChI is InChI=1S/C13H19BrN2O/c1-4-5-9(3)13(17)16-12-10(14)6-8(2)7-11(12)15/h6-7,9H,4-5,15H2,1-3H3,(H,16,17). The van der Waals surface area contributed by atoms with Gasteiger partial charge in [-0.1, -0.05) is 20.3 Å². The molecule has 94 valence electrons. The molecule has 0 saturated carbocycles. The maximum absolute atomic E-state index is 11.9. The van der Waals surface area contributed by atoms with Gasteiger partial charge in [0.1, 0.15) is 0 Å². The van der Waals surface area contributed by atoms with E-state index in [0.717, 1.165) is 22.9 Å². The summed E-state index contributed by atoms with van der Waals surface area (Å²) >= 11 is 3.42. The van der Waals surface area contributed by atoms with Crippen molar-refractivity contribution in [3.8, 4) is 0 Å². The molecule has 0 aliphatic rings. The van der Waals surface area contributed by atoms with Crippen LogP contribution < -0.4 is 11.1 Å². The van der Waals surface area contributed by atoms with Crippen LogP contribution in [0.2, 0.25) is 0 Å². The van der Waals surface area contributed by atoms with E-state index < -0.39 is 0 Å². The number of anilines is 2. The smallest absolute Gasteiger partial charge is 0.227 e. The van der Waals surface area contributed by atoms with Crippen LogP contribution in [-0.2, 0) is 4.79 Å². The van der Waals surface area contributed by atoms with E-state index in [9.17, 15) is 4.79 Å². The molecule has 0 saturated heterocycles. The molecule has 1 atom stereocenters. The van der Waals surface area contributed by atoms with Crippen LogP contribution in [0.5, 0.6) is 0 Å². The number of rotatable bonds is 4. The van der Waals surface area contributed by atoms with E-state index >= 15 is 0 Å². The second-order valence-electron chi connectivity index (χ2n) is 4.39. The number of benzene rings is 1. The Bertz CT molecular complexity index is 395. The van der Waals surface area contributed by atoms with Crippen molar-refractivity contribution in [2.75, 3.05) is 11.1 Å². The quantitative estimate of drug-likeness (QED) is 0.833. The number of amides is 1. The lowest BCUT2D eigenvalue weighted by Gasteiger charge is -2.14. The van der Waals surface area contributed by atoms with Crippen LogP contribution in [0.3, 0.4) is 0 Å². The van der Waals surface area contributed by atoms with Crippen molar-refractivity contribution in [2.24, 2.45) is 5.92 Å². The average molecular weight is 299 g/mol. The highest BCUT2D eigenvalue weighted by atomic mass is 79.9. The first kappa shape index (κ1) is 14.0. The van der Waals surface area contributed by atoms with Gasteiger partial charge < -0.3 is 11.1 Å². The van der Waals surface area contributed by atoms with Crippen molar-refractivity contribution in [1.82, 2.24) is 0 Å². The molecule has 1 amide bonds. The minimum Gasteiger partial charge on any atom is -0.397 e. The zero-order valence-electron chi connectivity index (χ0n) is 10.5. The summed E-state index contributed by atoms with van der Waals surface area (Å²) in [7, 11) is 0. The molecule has 1 unspecified atom stereocenters. The number of nitrogens with one attached hydrogen (secondary N) is 1. The highest BCUT2D eigenvalue weighted by molar-refractivity contribution is 9.10. The van der Waals surface area contributed by atoms with Gasteiger partial charge in [-0.2, -0.15) is 0 Å². The summed E-state index contributed by atoms with van der Waals surface area (Å²) in [6, 6.07) is 3.79. The van der Waals surface area contributed by atoms with Crippen molar-refractivity contribution < 1.29 is 4.79 Å². The zero-order valence-corrected chi connectivity index (χ0v) is 12.1. The normalized spacial score (nSPS) is 12.2. The number of aryl methyl sites for hydroxylation is 1. The van der Waals surface area contributed by atoms with Crippen LogP contribution in [0.25, 0.3) is 0 Å². The minimum atomic E-state index is 0.00704. The lowest BCUT2D eigenvalue weighted by atomic mass is 10.1. The second kappa shape index (κ2) is 6.05. The average Bonchev–Trinajstić information content (AvgIpc) is 2.23. The molecule has 17 heavy (non-hydrogen) atoms. The molecule has 1 rings (SSSR count). The van der Waals surface area contributed by atoms with Crippen LogP contribution in [0.4, 0.5) is 11.4 Å². The first-order chi connectivity index (χ1) is 7.95. The summed E-state index contributed by atoms with van der Waals surface area (Å²) in [4.78, 5) is 11.9. The molecule has 0 heterocycles. The van der Waals surface area contributed by atoms with Crippen LogP contribution in [0.1, 0.15) is 32.3 Å². The SMILES string of the molecule is CCCC(C)C(=O)Nc1c(N)cc(C)cc1Br. The first-order valence-corrected chi connectivity index (χ1v) is 6.61. The molecular weight excluding hydrogens is 280 g/mol. The topological polar surface area (TPSA) is 55.1 Å². The Labute approximate surface area is 111 Å². The van der Waals surface area contributed by atoms with Gasteiger partial charge in [0.05, 0.1) is 11.4 Å². The number of nitrogens with two attached hydrogens (primary N) is 1. The molecule has 1 aromatic carbocycles. The Balaban J connectivity index is 2.85. The van der Waals surface area contributed by atoms with E-state index in [1.165, 1.54) is 0 Å². The van der Waals surface area contributed by atoms with Crippen molar-refractivity contribution in [2.45, 2.75) is 33.6 Å². The molecule has 4 heteroatoms. The highest BCUT2D eigenvalue weighted by Crippen LogP contribution is 2.30. The van der Waals surface area contributed by atoms with Gasteiger partial charge in [-0.05, 0) is 47.0 Å². The molecular formula is C13H19BrN2O. The van der Waals surface area contributed by atoms with Crippen LogP contribution in [0.15, 0.2) is 16.6 Å². The van der Waals surface area contributed by atoms with E-state index in [4.69, 9.17) is 5.73 Å². The summed E-state index contributed by atoms with van der Waals surface area (Å²) in [5.41, 5.74) is 8.23. The van der Waals surface area contributed by atoms with Gasteiger partial charge in [0.2, 0.25) is 5.91 Å². The second-order valence-corrected chi connectivity index (χ2v) is 5.24. The molecule has 0 aromatic heterocycles. The Kier molecular flexibility index (Phi) is 5.00. The number of carbonyl (C=O) groups is 1. The monoisotopic (exact) mass is 298 g/mol. The molecule has 1 aromatic rings. The van der Waals surface area contributed by atoms with Crippen LogP contribution >= 0.6 is 15.9 Å². The molecule has 0 aliphatic carbocycles. The number of hydrogen-bond donors (Lipinski definition) is 2. The third kappa shape index (κ3) is 3.73. The highest BCUT2D eigenvalue weighted by Gasteiger charge is 2.15. The largest absolute Gasteiger partial charge is 0.397 e. The Hall–Kier alpha value is -1.03. The van der Waals surface area contributed by atoms with Gasteiger partial charge in [-0.3, -0.25) is 4.79 Å². The van der Waals surface area contributed by atoms with E-state index in [1.807, 2.05) is 26.0 Å². The molecule has 0 fully saturated rings. The number of nitrogen functional groups attached to an aromatic ring is 1. The Morgan fingerprint density at radius 2 is 2.18 bits per heavy atom. The van der Waals surface area contributed by atoms with Crippen molar-refractivity contribution in [3.05, 3.63) is 22.2 Å². The molecule has 3 nitrogen and oxygen atoms in total. The number of hydrogen-bond acceptors (Lipinski definition) is 2. The lowest BCUT2D eigenvalue weighted by Crippen LogP contribution is -2.21. The van der Waals surface area contributed by atoms with Crippen molar-refractivity contribution in [1.29, 1.82) is 0 Å². The van der Waals surface area contributed by atoms with E-state index in [0.29, 0.717) is 11.4 Å². The third-order valence-corrected chi connectivity index (χ3v) is 3.31. The van der Waals surface area contributed by atoms with Gasteiger partial charge in [0.25, 0.3) is 0 Å². The van der Waals surface area contributed by atoms with Gasteiger partial charge in [0.15, 0.2) is 0 Å². The fourth-order valence-corrected chi connectivity index (χ4v) is 2.40. The fraction of sp³-hybridized carbons (Fsp3) is 0.462. The van der Waals surface area contributed by atoms with Gasteiger partial charge in [0, 0.05) is 10.4 Å². The summed E-state index contributed by atoms with van der Waals surface area (Å²) < 4.78 is 0.826. The Morgan fingerprint density at radius 1 is 1.53 bits per heavy atom. The Morgan fingerprint density at radius 3 is 2.71 bits per heavy atom. The molecule has 0 bridgehead atoms. The number of carbonyl (C=O) groups excluding carboxylic acids is 1. The maximum Gasteiger partial charge on any atom is 0.227 e. The predicted octanol–water partition coefficient (Wildman–Crippen LogP) is 3.71. The minimum absolute atomic E-state index is 0.00704. The van der Waals surface area contributed by atoms with Crippen molar-refractivity contribution in [3.63, 3.8) is 0 Å². The van der Waals surface area contributed by atoms with E-state index in [2.05, 4.69) is 28.2 Å². The van der Waals surface area contributed by atoms with Gasteiger partial charge in [-0.25, -0.2) is 0 Å². The summed E-state index contributed by atoms with van der Waals surface area (Å²) in [5.74, 6) is 0.0238. The summed E-state index contributed by atoms with van der Waals surface area (Å²) in [5, 5.41) is 2.88.